The minimum atomic E-state index is -3.79. The molecule has 0 aliphatic rings. The fourth-order valence-corrected chi connectivity index (χ4v) is 4.47. The SMILES string of the molecule is C#Cc1ccc(N(Cc2ccccc2)S(=O)(=O)c2ccc(OC)cc2)c(C)c1. The van der Waals surface area contributed by atoms with Crippen LogP contribution in [0.3, 0.4) is 0 Å². The van der Waals surface area contributed by atoms with Gasteiger partial charge >= 0.3 is 0 Å². The molecule has 0 heterocycles. The van der Waals surface area contributed by atoms with Crippen LogP contribution >= 0.6 is 0 Å². The number of sulfonamides is 1. The molecule has 0 saturated heterocycles. The predicted molar refractivity (Wildman–Crippen MR) is 112 cm³/mol. The van der Waals surface area contributed by atoms with E-state index in [1.807, 2.05) is 43.3 Å². The van der Waals surface area contributed by atoms with Crippen LogP contribution in [0, 0.1) is 19.3 Å². The van der Waals surface area contributed by atoms with Gasteiger partial charge in [0.1, 0.15) is 5.75 Å². The summed E-state index contributed by atoms with van der Waals surface area (Å²) in [6.07, 6.45) is 5.48. The first-order chi connectivity index (χ1) is 13.5. The molecule has 0 aliphatic carbocycles. The Morgan fingerprint density at radius 3 is 2.25 bits per heavy atom. The Hall–Kier alpha value is -3.23. The summed E-state index contributed by atoms with van der Waals surface area (Å²) in [5.74, 6) is 3.18. The van der Waals surface area contributed by atoms with Crippen LogP contribution < -0.4 is 9.04 Å². The Morgan fingerprint density at radius 1 is 1.00 bits per heavy atom. The number of anilines is 1. The number of terminal acetylenes is 1. The highest BCUT2D eigenvalue weighted by molar-refractivity contribution is 7.92. The first-order valence-electron chi connectivity index (χ1n) is 8.73. The summed E-state index contributed by atoms with van der Waals surface area (Å²) in [6.45, 7) is 2.07. The highest BCUT2D eigenvalue weighted by Gasteiger charge is 2.26. The Labute approximate surface area is 166 Å². The van der Waals surface area contributed by atoms with Gasteiger partial charge in [-0.15, -0.1) is 6.42 Å². The first kappa shape index (κ1) is 19.5. The largest absolute Gasteiger partial charge is 0.497 e. The number of benzene rings is 3. The van der Waals surface area contributed by atoms with Crippen molar-refractivity contribution in [2.45, 2.75) is 18.4 Å². The van der Waals surface area contributed by atoms with Crippen LogP contribution in [-0.4, -0.2) is 15.5 Å². The van der Waals surface area contributed by atoms with Gasteiger partial charge in [0.2, 0.25) is 0 Å². The van der Waals surface area contributed by atoms with E-state index in [4.69, 9.17) is 11.2 Å². The van der Waals surface area contributed by atoms with E-state index < -0.39 is 10.0 Å². The van der Waals surface area contributed by atoms with Crippen LogP contribution in [0.5, 0.6) is 5.75 Å². The van der Waals surface area contributed by atoms with Gasteiger partial charge in [0, 0.05) is 5.56 Å². The molecule has 0 spiro atoms. The average molecular weight is 391 g/mol. The van der Waals surface area contributed by atoms with E-state index in [2.05, 4.69) is 5.92 Å². The molecule has 5 heteroatoms. The predicted octanol–water partition coefficient (Wildman–Crippen LogP) is 4.38. The summed E-state index contributed by atoms with van der Waals surface area (Å²) in [7, 11) is -2.25. The van der Waals surface area contributed by atoms with Crippen molar-refractivity contribution in [2.75, 3.05) is 11.4 Å². The standard InChI is InChI=1S/C23H21NO3S/c1-4-19-10-15-23(18(2)16-19)24(17-20-8-6-5-7-9-20)28(25,26)22-13-11-21(27-3)12-14-22/h1,5-16H,17H2,2-3H3. The summed E-state index contributed by atoms with van der Waals surface area (Å²) in [5, 5.41) is 0. The monoisotopic (exact) mass is 391 g/mol. The molecule has 142 valence electrons. The maximum Gasteiger partial charge on any atom is 0.264 e. The first-order valence-corrected chi connectivity index (χ1v) is 10.2. The zero-order chi connectivity index (χ0) is 20.1. The van der Waals surface area contributed by atoms with E-state index in [0.29, 0.717) is 17.0 Å². The van der Waals surface area contributed by atoms with Gasteiger partial charge in [-0.25, -0.2) is 8.42 Å². The number of nitrogens with zero attached hydrogens (tertiary/aromatic N) is 1. The molecule has 28 heavy (non-hydrogen) atoms. The topological polar surface area (TPSA) is 46.6 Å². The smallest absolute Gasteiger partial charge is 0.264 e. The fraction of sp³-hybridized carbons (Fsp3) is 0.130. The molecule has 0 aromatic heterocycles. The quantitative estimate of drug-likeness (QED) is 0.586. The molecule has 0 radical (unpaired) electrons. The molecule has 0 fully saturated rings. The molecule has 0 amide bonds. The maximum absolute atomic E-state index is 13.5. The zero-order valence-corrected chi connectivity index (χ0v) is 16.6. The normalized spacial score (nSPS) is 10.9. The molecule has 0 bridgehead atoms. The van der Waals surface area contributed by atoms with Gasteiger partial charge in [0.25, 0.3) is 10.0 Å². The fourth-order valence-electron chi connectivity index (χ4n) is 2.95. The van der Waals surface area contributed by atoms with Gasteiger partial charge in [-0.05, 0) is 60.5 Å². The van der Waals surface area contributed by atoms with Crippen LogP contribution in [0.2, 0.25) is 0 Å². The number of aryl methyl sites for hydroxylation is 1. The van der Waals surface area contributed by atoms with Crippen molar-refractivity contribution in [3.8, 4) is 18.1 Å². The van der Waals surface area contributed by atoms with Gasteiger partial charge < -0.3 is 4.74 Å². The highest BCUT2D eigenvalue weighted by Crippen LogP contribution is 2.30. The molecule has 0 saturated carbocycles. The van der Waals surface area contributed by atoms with Crippen molar-refractivity contribution in [1.82, 2.24) is 0 Å². The van der Waals surface area contributed by atoms with Crippen molar-refractivity contribution >= 4 is 15.7 Å². The summed E-state index contributed by atoms with van der Waals surface area (Å²) in [5.41, 5.74) is 2.99. The van der Waals surface area contributed by atoms with E-state index in [-0.39, 0.29) is 11.4 Å². The molecule has 0 atom stereocenters. The molecule has 3 aromatic rings. The Bertz CT molecular complexity index is 1100. The lowest BCUT2D eigenvalue weighted by atomic mass is 10.1. The molecule has 0 aliphatic heterocycles. The van der Waals surface area contributed by atoms with Gasteiger partial charge in [0.15, 0.2) is 0 Å². The van der Waals surface area contributed by atoms with E-state index in [1.165, 1.54) is 4.31 Å². The van der Waals surface area contributed by atoms with Gasteiger partial charge in [-0.1, -0.05) is 36.3 Å². The van der Waals surface area contributed by atoms with Crippen LogP contribution in [0.15, 0.2) is 77.7 Å². The summed E-state index contributed by atoms with van der Waals surface area (Å²) in [6, 6.07) is 21.2. The lowest BCUT2D eigenvalue weighted by Gasteiger charge is -2.26. The van der Waals surface area contributed by atoms with Crippen molar-refractivity contribution < 1.29 is 13.2 Å². The van der Waals surface area contributed by atoms with Crippen LogP contribution in [0.4, 0.5) is 5.69 Å². The highest BCUT2D eigenvalue weighted by atomic mass is 32.2. The van der Waals surface area contributed by atoms with Crippen molar-refractivity contribution in [2.24, 2.45) is 0 Å². The molecule has 3 aromatic carbocycles. The van der Waals surface area contributed by atoms with Crippen LogP contribution in [0.25, 0.3) is 0 Å². The third-order valence-corrected chi connectivity index (χ3v) is 6.22. The van der Waals surface area contributed by atoms with Crippen molar-refractivity contribution in [1.29, 1.82) is 0 Å². The number of hydrogen-bond acceptors (Lipinski definition) is 3. The molecule has 4 nitrogen and oxygen atoms in total. The molecule has 0 N–H and O–H groups in total. The Morgan fingerprint density at radius 2 is 1.68 bits per heavy atom. The summed E-state index contributed by atoms with van der Waals surface area (Å²) < 4.78 is 33.5. The Kier molecular flexibility index (Phi) is 5.72. The lowest BCUT2D eigenvalue weighted by molar-refractivity contribution is 0.414. The van der Waals surface area contributed by atoms with Crippen molar-refractivity contribution in [3.05, 3.63) is 89.5 Å². The minimum Gasteiger partial charge on any atom is -0.497 e. The number of ether oxygens (including phenoxy) is 1. The summed E-state index contributed by atoms with van der Waals surface area (Å²) >= 11 is 0. The van der Waals surface area contributed by atoms with E-state index in [0.717, 1.165) is 11.1 Å². The Balaban J connectivity index is 2.11. The maximum atomic E-state index is 13.5. The lowest BCUT2D eigenvalue weighted by Crippen LogP contribution is -2.31. The van der Waals surface area contributed by atoms with Gasteiger partial charge in [-0.3, -0.25) is 4.31 Å². The third-order valence-electron chi connectivity index (χ3n) is 4.45. The summed E-state index contributed by atoms with van der Waals surface area (Å²) in [4.78, 5) is 0.199. The number of hydrogen-bond donors (Lipinski definition) is 0. The number of methoxy groups -OCH3 is 1. The van der Waals surface area contributed by atoms with Gasteiger partial charge in [-0.2, -0.15) is 0 Å². The van der Waals surface area contributed by atoms with Crippen LogP contribution in [0.1, 0.15) is 16.7 Å². The second kappa shape index (κ2) is 8.20. The number of rotatable bonds is 6. The second-order valence-electron chi connectivity index (χ2n) is 6.32. The molecule has 0 unspecified atom stereocenters. The van der Waals surface area contributed by atoms with Crippen LogP contribution in [-0.2, 0) is 16.6 Å². The minimum absolute atomic E-state index is 0.199. The van der Waals surface area contributed by atoms with E-state index >= 15 is 0 Å². The molecular weight excluding hydrogens is 370 g/mol. The average Bonchev–Trinajstić information content (AvgIpc) is 2.73. The zero-order valence-electron chi connectivity index (χ0n) is 15.8. The van der Waals surface area contributed by atoms with E-state index in [1.54, 1.807) is 43.5 Å². The third kappa shape index (κ3) is 4.03. The van der Waals surface area contributed by atoms with E-state index in [9.17, 15) is 8.42 Å². The van der Waals surface area contributed by atoms with Gasteiger partial charge in [0.05, 0.1) is 24.2 Å². The molecular formula is C23H21NO3S. The second-order valence-corrected chi connectivity index (χ2v) is 8.18. The van der Waals surface area contributed by atoms with Crippen molar-refractivity contribution in [3.63, 3.8) is 0 Å². The molecule has 3 rings (SSSR count).